The number of aliphatic hydroxyl groups excluding tert-OH is 1. The smallest absolute Gasteiger partial charge is 0.227 e. The second-order valence-electron chi connectivity index (χ2n) is 14.4. The number of carbonyl (C=O) groups is 1. The second-order valence-corrected chi connectivity index (χ2v) is 15.3. The van der Waals surface area contributed by atoms with Crippen LogP contribution in [0, 0.1) is 46.3 Å². The Balaban J connectivity index is 1.18. The van der Waals surface area contributed by atoms with Crippen molar-refractivity contribution in [1.29, 1.82) is 0 Å². The van der Waals surface area contributed by atoms with Crippen LogP contribution >= 0.6 is 15.9 Å². The van der Waals surface area contributed by atoms with Crippen molar-refractivity contribution in [2.45, 2.75) is 110 Å². The first-order valence-corrected chi connectivity index (χ1v) is 16.8. The van der Waals surface area contributed by atoms with Gasteiger partial charge in [-0.1, -0.05) is 49.2 Å². The molecule has 5 heteroatoms. The summed E-state index contributed by atoms with van der Waals surface area (Å²) in [6.07, 6.45) is 13.5. The van der Waals surface area contributed by atoms with E-state index < -0.39 is 0 Å². The van der Waals surface area contributed by atoms with Crippen molar-refractivity contribution in [2.75, 3.05) is 18.6 Å². The van der Waals surface area contributed by atoms with Gasteiger partial charge in [-0.25, -0.2) is 0 Å². The molecule has 1 aromatic carbocycles. The van der Waals surface area contributed by atoms with Crippen molar-refractivity contribution >= 4 is 27.5 Å². The molecule has 0 aromatic heterocycles. The van der Waals surface area contributed by atoms with Crippen molar-refractivity contribution in [2.24, 2.45) is 46.3 Å². The highest BCUT2D eigenvalue weighted by Gasteiger charge is 2.64. The van der Waals surface area contributed by atoms with Crippen molar-refractivity contribution in [3.63, 3.8) is 0 Å². The van der Waals surface area contributed by atoms with Gasteiger partial charge in [0.25, 0.3) is 0 Å². The van der Waals surface area contributed by atoms with Gasteiger partial charge in [0.15, 0.2) is 0 Å². The van der Waals surface area contributed by atoms with Crippen molar-refractivity contribution in [3.05, 3.63) is 28.2 Å². The summed E-state index contributed by atoms with van der Waals surface area (Å²) >= 11 is 3.60. The molecule has 0 radical (unpaired) electrons. The van der Waals surface area contributed by atoms with Crippen LogP contribution in [-0.2, 0) is 16.0 Å². The SMILES string of the molecule is CC[C@H](CCC(=O)N1CCc2ccc(Br)cc21)[C@H]1CC[C@H]2[C@@H]3CC[C@@H]4C[C@H](O)CC[C@]4(C)[C@H]3C[C@H](OC)[C@]12C. The fourth-order valence-electron chi connectivity index (χ4n) is 11.1. The van der Waals surface area contributed by atoms with Gasteiger partial charge in [0.2, 0.25) is 5.91 Å². The third-order valence-electron chi connectivity index (χ3n) is 13.1. The van der Waals surface area contributed by atoms with Crippen molar-refractivity contribution in [1.82, 2.24) is 0 Å². The van der Waals surface area contributed by atoms with Crippen LogP contribution < -0.4 is 4.90 Å². The Labute approximate surface area is 244 Å². The molecule has 0 spiro atoms. The monoisotopic (exact) mass is 599 g/mol. The molecule has 10 atom stereocenters. The standard InChI is InChI=1S/C34H50BrNO3/c1-5-21(7-13-32(38)36-17-15-22-6-9-24(35)19-30(22)36)27-11-12-28-26-10-8-23-18-25(37)14-16-33(23,2)29(26)20-31(39-4)34(27,28)3/h6,9,19,21,23,25-29,31,37H,5,7-8,10-18,20H2,1-4H3/t21-,23-,25-,26+,27-,28+,29+,31+,33+,34-/m1/s1. The predicted molar refractivity (Wildman–Crippen MR) is 161 cm³/mol. The third kappa shape index (κ3) is 4.56. The Hall–Kier alpha value is -0.910. The molecule has 1 amide bonds. The molecule has 0 bridgehead atoms. The van der Waals surface area contributed by atoms with E-state index >= 15 is 0 Å². The molecule has 0 saturated heterocycles. The second kappa shape index (κ2) is 10.7. The Morgan fingerprint density at radius 3 is 2.74 bits per heavy atom. The summed E-state index contributed by atoms with van der Waals surface area (Å²) in [5.74, 6) is 4.41. The number of anilines is 1. The molecule has 4 nitrogen and oxygen atoms in total. The summed E-state index contributed by atoms with van der Waals surface area (Å²) in [4.78, 5) is 15.5. The fourth-order valence-corrected chi connectivity index (χ4v) is 11.4. The lowest BCUT2D eigenvalue weighted by Crippen LogP contribution is -2.59. The quantitative estimate of drug-likeness (QED) is 0.363. The van der Waals surface area contributed by atoms with E-state index in [2.05, 4.69) is 54.9 Å². The number of benzene rings is 1. The Morgan fingerprint density at radius 2 is 1.97 bits per heavy atom. The molecule has 1 N–H and O–H groups in total. The molecule has 1 heterocycles. The molecule has 0 unspecified atom stereocenters. The van der Waals surface area contributed by atoms with Gasteiger partial charge in [-0.15, -0.1) is 0 Å². The van der Waals surface area contributed by atoms with E-state index in [-0.39, 0.29) is 11.5 Å². The first-order chi connectivity index (χ1) is 18.7. The van der Waals surface area contributed by atoms with E-state index in [1.807, 2.05) is 12.0 Å². The van der Waals surface area contributed by atoms with E-state index in [4.69, 9.17) is 4.74 Å². The van der Waals surface area contributed by atoms with Crippen LogP contribution in [-0.4, -0.2) is 36.9 Å². The number of aliphatic hydroxyl groups is 1. The number of nitrogens with zero attached hydrogens (tertiary/aromatic N) is 1. The van der Waals surface area contributed by atoms with Gasteiger partial charge in [-0.2, -0.15) is 0 Å². The molecule has 4 aliphatic carbocycles. The number of hydrogen-bond donors (Lipinski definition) is 1. The van der Waals surface area contributed by atoms with Gasteiger partial charge in [0, 0.05) is 30.2 Å². The molecular weight excluding hydrogens is 550 g/mol. The topological polar surface area (TPSA) is 49.8 Å². The van der Waals surface area contributed by atoms with Crippen LogP contribution in [0.1, 0.15) is 97.0 Å². The summed E-state index contributed by atoms with van der Waals surface area (Å²) in [5.41, 5.74) is 2.95. The summed E-state index contributed by atoms with van der Waals surface area (Å²) in [6.45, 7) is 8.31. The number of hydrogen-bond acceptors (Lipinski definition) is 3. The summed E-state index contributed by atoms with van der Waals surface area (Å²) in [5, 5.41) is 10.4. The maximum atomic E-state index is 13.5. The molecule has 6 rings (SSSR count). The zero-order valence-electron chi connectivity index (χ0n) is 24.6. The number of halogens is 1. The first kappa shape index (κ1) is 28.2. The van der Waals surface area contributed by atoms with E-state index in [0.29, 0.717) is 41.6 Å². The molecule has 216 valence electrons. The number of methoxy groups -OCH3 is 1. The predicted octanol–water partition coefficient (Wildman–Crippen LogP) is 7.79. The highest BCUT2D eigenvalue weighted by molar-refractivity contribution is 9.10. The largest absolute Gasteiger partial charge is 0.393 e. The van der Waals surface area contributed by atoms with Crippen LogP contribution in [0.5, 0.6) is 0 Å². The molecule has 1 aliphatic heterocycles. The number of ether oxygens (including phenoxy) is 1. The minimum atomic E-state index is -0.0915. The third-order valence-corrected chi connectivity index (χ3v) is 13.6. The highest BCUT2D eigenvalue weighted by Crippen LogP contribution is 2.69. The molecule has 1 aromatic rings. The minimum Gasteiger partial charge on any atom is -0.393 e. The van der Waals surface area contributed by atoms with Crippen molar-refractivity contribution in [3.8, 4) is 0 Å². The van der Waals surface area contributed by atoms with Gasteiger partial charge < -0.3 is 14.7 Å². The van der Waals surface area contributed by atoms with E-state index in [1.54, 1.807) is 0 Å². The Kier molecular flexibility index (Phi) is 7.77. The fraction of sp³-hybridized carbons (Fsp3) is 0.794. The molecule has 5 aliphatic rings. The van der Waals surface area contributed by atoms with E-state index in [0.717, 1.165) is 66.6 Å². The maximum Gasteiger partial charge on any atom is 0.227 e. The molecule has 4 saturated carbocycles. The average molecular weight is 601 g/mol. The van der Waals surface area contributed by atoms with E-state index in [9.17, 15) is 9.90 Å². The van der Waals surface area contributed by atoms with E-state index in [1.165, 1.54) is 44.1 Å². The summed E-state index contributed by atoms with van der Waals surface area (Å²) < 4.78 is 7.50. The first-order valence-electron chi connectivity index (χ1n) is 16.0. The lowest BCUT2D eigenvalue weighted by Gasteiger charge is -2.63. The molecule has 39 heavy (non-hydrogen) atoms. The normalized spacial score (nSPS) is 41.9. The number of carbonyl (C=O) groups excluding carboxylic acids is 1. The van der Waals surface area contributed by atoms with Gasteiger partial charge >= 0.3 is 0 Å². The summed E-state index contributed by atoms with van der Waals surface area (Å²) in [7, 11) is 1.96. The number of rotatable bonds is 6. The zero-order valence-corrected chi connectivity index (χ0v) is 26.2. The zero-order chi connectivity index (χ0) is 27.5. The van der Waals surface area contributed by atoms with Crippen LogP contribution in [0.25, 0.3) is 0 Å². The van der Waals surface area contributed by atoms with Crippen LogP contribution in [0.4, 0.5) is 5.69 Å². The van der Waals surface area contributed by atoms with Crippen LogP contribution in [0.15, 0.2) is 22.7 Å². The average Bonchev–Trinajstić information content (AvgIpc) is 3.50. The highest BCUT2D eigenvalue weighted by atomic mass is 79.9. The Bertz CT molecular complexity index is 1080. The van der Waals surface area contributed by atoms with Gasteiger partial charge in [0.1, 0.15) is 0 Å². The Morgan fingerprint density at radius 1 is 1.15 bits per heavy atom. The van der Waals surface area contributed by atoms with Gasteiger partial charge in [-0.05, 0) is 128 Å². The minimum absolute atomic E-state index is 0.0915. The maximum absolute atomic E-state index is 13.5. The van der Waals surface area contributed by atoms with Gasteiger partial charge in [-0.3, -0.25) is 4.79 Å². The van der Waals surface area contributed by atoms with Gasteiger partial charge in [0.05, 0.1) is 12.2 Å². The number of amides is 1. The molecular formula is C34H50BrNO3. The van der Waals surface area contributed by atoms with Crippen LogP contribution in [0.3, 0.4) is 0 Å². The summed E-state index contributed by atoms with van der Waals surface area (Å²) in [6, 6.07) is 6.36. The number of fused-ring (bicyclic) bond motifs is 6. The lowest BCUT2D eigenvalue weighted by atomic mass is 9.43. The van der Waals surface area contributed by atoms with Crippen molar-refractivity contribution < 1.29 is 14.6 Å². The molecule has 4 fully saturated rings. The lowest BCUT2D eigenvalue weighted by molar-refractivity contribution is -0.183. The van der Waals surface area contributed by atoms with Crippen LogP contribution in [0.2, 0.25) is 0 Å².